The lowest BCUT2D eigenvalue weighted by Crippen LogP contribution is -2.61. The molecule has 9 amide bonds. The number of nitrogens with two attached hydrogens (primary N) is 1. The van der Waals surface area contributed by atoms with Crippen LogP contribution in [-0.2, 0) is 53.6 Å². The Balaban J connectivity index is 0.867. The number of aromatic nitrogens is 1. The number of carbonyl (C=O) groups is 9. The third-order valence-corrected chi connectivity index (χ3v) is 13.1. The number of nitrogens with one attached hydrogen (secondary N) is 5. The van der Waals surface area contributed by atoms with E-state index in [-0.39, 0.29) is 125 Å². The first-order valence-corrected chi connectivity index (χ1v) is 24.8. The van der Waals surface area contributed by atoms with Crippen molar-refractivity contribution in [2.75, 3.05) is 71.1 Å². The fraction of sp³-hybridized carbons (Fsp3) is 0.500. The van der Waals surface area contributed by atoms with Gasteiger partial charge in [0.15, 0.2) is 0 Å². The maximum atomic E-state index is 14.5. The van der Waals surface area contributed by atoms with Gasteiger partial charge in [0.05, 0.1) is 62.8 Å². The van der Waals surface area contributed by atoms with Crippen molar-refractivity contribution in [3.63, 3.8) is 0 Å². The smallest absolute Gasteiger partial charge is 0.382 e. The van der Waals surface area contributed by atoms with Crippen molar-refractivity contribution in [1.29, 1.82) is 0 Å². The Morgan fingerprint density at radius 1 is 0.863 bits per heavy atom. The summed E-state index contributed by atoms with van der Waals surface area (Å²) in [5.74, 6) is -5.18. The van der Waals surface area contributed by atoms with Gasteiger partial charge in [-0.1, -0.05) is 6.07 Å². The number of piperidine rings is 1. The number of amides is 9. The number of carbonyl (C=O) groups excluding carboxylic acids is 9. The normalized spacial score (nSPS) is 20.2. The number of hydrogen-bond donors (Lipinski definition) is 8. The number of hydrogen-bond acceptors (Lipinski definition) is 16. The number of primary amides is 1. The van der Waals surface area contributed by atoms with Crippen LogP contribution >= 0.6 is 8.60 Å². The summed E-state index contributed by atoms with van der Waals surface area (Å²) in [4.78, 5) is 141. The highest BCUT2D eigenvalue weighted by Crippen LogP contribution is 2.42. The van der Waals surface area contributed by atoms with E-state index in [1.807, 2.05) is 0 Å². The van der Waals surface area contributed by atoms with Crippen LogP contribution in [0, 0.1) is 0 Å². The molecule has 24 nitrogen and oxygen atoms in total. The van der Waals surface area contributed by atoms with Crippen LogP contribution in [0.15, 0.2) is 42.5 Å². The van der Waals surface area contributed by atoms with Gasteiger partial charge in [-0.2, -0.15) is 8.78 Å². The minimum atomic E-state index is -4.06. The largest absolute Gasteiger partial charge is 0.389 e. The summed E-state index contributed by atoms with van der Waals surface area (Å²) < 4.78 is 49.8. The van der Waals surface area contributed by atoms with Crippen molar-refractivity contribution in [2.24, 2.45) is 5.73 Å². The molecule has 4 aliphatic heterocycles. The fourth-order valence-electron chi connectivity index (χ4n) is 9.16. The molecule has 3 saturated heterocycles. The monoisotopic (exact) mass is 1040 g/mol. The molecular formula is C46H56F2N9O15P. The molecule has 394 valence electrons. The highest BCUT2D eigenvalue weighted by Gasteiger charge is 2.47. The van der Waals surface area contributed by atoms with Crippen molar-refractivity contribution < 1.29 is 80.5 Å². The lowest BCUT2D eigenvalue weighted by Gasteiger charge is -2.38. The van der Waals surface area contributed by atoms with Crippen molar-refractivity contribution in [3.05, 3.63) is 64.8 Å². The predicted octanol–water partition coefficient (Wildman–Crippen LogP) is 0.471. The second kappa shape index (κ2) is 24.5. The molecule has 0 aliphatic carbocycles. The van der Waals surface area contributed by atoms with Gasteiger partial charge >= 0.3 is 14.7 Å². The van der Waals surface area contributed by atoms with Crippen LogP contribution in [0.3, 0.4) is 0 Å². The van der Waals surface area contributed by atoms with E-state index in [1.165, 1.54) is 28.0 Å². The fourth-order valence-corrected chi connectivity index (χ4v) is 9.48. The summed E-state index contributed by atoms with van der Waals surface area (Å²) in [6.07, 6.45) is -2.67. The molecule has 0 saturated carbocycles. The Morgan fingerprint density at radius 2 is 1.60 bits per heavy atom. The van der Waals surface area contributed by atoms with Crippen molar-refractivity contribution >= 4 is 78.4 Å². The van der Waals surface area contributed by atoms with E-state index in [0.29, 0.717) is 31.4 Å². The number of aromatic amines is 1. The molecule has 1 unspecified atom stereocenters. The molecule has 0 radical (unpaired) electrons. The average Bonchev–Trinajstić information content (AvgIpc) is 4.04. The van der Waals surface area contributed by atoms with Gasteiger partial charge in [-0.15, -0.1) is 0 Å². The van der Waals surface area contributed by atoms with Gasteiger partial charge in [0.1, 0.15) is 23.8 Å². The zero-order valence-corrected chi connectivity index (χ0v) is 40.3. The standard InChI is InChI=1S/C46H56F2N9O15P/c47-46(48,72-73(67)68)27-6-8-30-26(23-27)24-32(52-30)40(61)53-33-25-55(16-12-28-7-9-34(56(28)44(33)65)41(62)51-14-2-5-36(49)58)38(60)13-17-69-19-21-71-22-20-70-18-15-50-31-4-1-3-29-39(31)45(66)57(43(29)64)35-10-11-37(59)54-42(35)63/h1,3-4,6,8,23-24,28,33-35,50,52,67-68H,2,5,7,9-22,25H2,(H2,49,58)(H,51,62)(H,53,61)(H,54,59,63)/t28-,33+,34+,35?/m1/s1. The number of halogens is 2. The Morgan fingerprint density at radius 3 is 2.33 bits per heavy atom. The molecule has 3 fully saturated rings. The zero-order valence-electron chi connectivity index (χ0n) is 39.4. The molecular weight excluding hydrogens is 988 g/mol. The van der Waals surface area contributed by atoms with Crippen LogP contribution < -0.4 is 27.0 Å². The molecule has 4 aliphatic rings. The summed E-state index contributed by atoms with van der Waals surface area (Å²) in [7, 11) is -3.39. The Bertz CT molecular complexity index is 2600. The lowest BCUT2D eigenvalue weighted by atomic mass is 10.0. The Labute approximate surface area is 416 Å². The van der Waals surface area contributed by atoms with Crippen LogP contribution in [0.2, 0.25) is 0 Å². The number of imide groups is 2. The van der Waals surface area contributed by atoms with E-state index >= 15 is 0 Å². The van der Waals surface area contributed by atoms with Gasteiger partial charge in [-0.25, -0.2) is 4.52 Å². The van der Waals surface area contributed by atoms with Crippen molar-refractivity contribution in [2.45, 2.75) is 81.6 Å². The summed E-state index contributed by atoms with van der Waals surface area (Å²) in [6, 6.07) is 5.42. The second-order valence-corrected chi connectivity index (χ2v) is 18.2. The minimum Gasteiger partial charge on any atom is -0.382 e. The summed E-state index contributed by atoms with van der Waals surface area (Å²) in [5.41, 5.74) is 5.32. The maximum absolute atomic E-state index is 14.5. The first-order valence-electron chi connectivity index (χ1n) is 23.6. The van der Waals surface area contributed by atoms with Gasteiger partial charge in [-0.05, 0) is 68.5 Å². The molecule has 7 rings (SSSR count). The number of nitrogens with zero attached hydrogens (tertiary/aromatic N) is 3. The first kappa shape index (κ1) is 54.2. The number of alkyl halides is 2. The molecule has 5 heterocycles. The van der Waals surface area contributed by atoms with Gasteiger partial charge in [0.2, 0.25) is 35.4 Å². The van der Waals surface area contributed by atoms with Crippen LogP contribution in [0.5, 0.6) is 0 Å². The highest BCUT2D eigenvalue weighted by molar-refractivity contribution is 7.39. The number of H-pyrrole nitrogens is 1. The zero-order chi connectivity index (χ0) is 52.4. The molecule has 3 aromatic rings. The second-order valence-electron chi connectivity index (χ2n) is 17.5. The van der Waals surface area contributed by atoms with Crippen molar-refractivity contribution in [1.82, 2.24) is 35.6 Å². The molecule has 9 N–H and O–H groups in total. The first-order chi connectivity index (χ1) is 34.9. The third-order valence-electron chi connectivity index (χ3n) is 12.7. The summed E-state index contributed by atoms with van der Waals surface area (Å²) in [6.45, 7) is 1.28. The predicted molar refractivity (Wildman–Crippen MR) is 251 cm³/mol. The molecule has 73 heavy (non-hydrogen) atoms. The molecule has 0 spiro atoms. The van der Waals surface area contributed by atoms with Crippen molar-refractivity contribution in [3.8, 4) is 0 Å². The minimum absolute atomic E-state index is 0.00138. The van der Waals surface area contributed by atoms with E-state index < -0.39 is 91.7 Å². The van der Waals surface area contributed by atoms with Gasteiger partial charge < -0.3 is 60.5 Å². The van der Waals surface area contributed by atoms with Gasteiger partial charge in [0.25, 0.3) is 17.7 Å². The molecule has 4 atom stereocenters. The van der Waals surface area contributed by atoms with Crippen LogP contribution in [-0.4, -0.2) is 173 Å². The highest BCUT2D eigenvalue weighted by atomic mass is 31.2. The van der Waals surface area contributed by atoms with Crippen LogP contribution in [0.1, 0.15) is 88.1 Å². The molecule has 0 bridgehead atoms. The Hall–Kier alpha value is -6.54. The number of rotatable bonds is 24. The van der Waals surface area contributed by atoms with Gasteiger partial charge in [0, 0.05) is 61.7 Å². The van der Waals surface area contributed by atoms with E-state index in [0.717, 1.165) is 17.0 Å². The number of fused-ring (bicyclic) bond motifs is 3. The lowest BCUT2D eigenvalue weighted by molar-refractivity contribution is -0.189. The molecule has 2 aromatic carbocycles. The van der Waals surface area contributed by atoms with E-state index in [9.17, 15) is 51.9 Å². The van der Waals surface area contributed by atoms with E-state index in [1.54, 1.807) is 12.1 Å². The number of benzene rings is 2. The summed E-state index contributed by atoms with van der Waals surface area (Å²) in [5, 5.41) is 10.8. The van der Waals surface area contributed by atoms with E-state index in [2.05, 4.69) is 30.8 Å². The van der Waals surface area contributed by atoms with Gasteiger partial charge in [-0.3, -0.25) is 53.4 Å². The molecule has 1 aromatic heterocycles. The van der Waals surface area contributed by atoms with Crippen LogP contribution in [0.25, 0.3) is 10.9 Å². The number of ether oxygens (including phenoxy) is 3. The van der Waals surface area contributed by atoms with E-state index in [4.69, 9.17) is 29.7 Å². The Kier molecular flexibility index (Phi) is 18.2. The number of anilines is 1. The summed E-state index contributed by atoms with van der Waals surface area (Å²) >= 11 is 0. The SMILES string of the molecule is NC(=O)CCCNC(=O)[C@@H]1CC[C@@H]2CCN(C(=O)CCOCCOCCOCCNc3cccc4c3C(=O)N(C3CCC(=O)NC3=O)C4=O)C[C@H](NC(=O)c3cc4cc(C(F)(F)OP(O)O)ccc4[nH]3)C(=O)N21. The third kappa shape index (κ3) is 13.4. The maximum Gasteiger partial charge on any atom is 0.389 e. The average molecular weight is 1040 g/mol. The molecule has 27 heteroatoms. The topological polar surface area (TPSA) is 331 Å². The van der Waals surface area contributed by atoms with Crippen LogP contribution in [0.4, 0.5) is 14.5 Å². The quantitative estimate of drug-likeness (QED) is 0.0344.